The number of rotatable bonds is 7. The van der Waals surface area contributed by atoms with Crippen LogP contribution in [-0.2, 0) is 0 Å². The highest BCUT2D eigenvalue weighted by Crippen LogP contribution is 2.32. The number of carbonyl (C=O) groups is 1. The summed E-state index contributed by atoms with van der Waals surface area (Å²) < 4.78 is 5.20. The van der Waals surface area contributed by atoms with Gasteiger partial charge in [0.1, 0.15) is 5.75 Å². The molecule has 0 saturated heterocycles. The maximum Gasteiger partial charge on any atom is 0.273 e. The number of nitrogens with one attached hydrogen (secondary N) is 1. The van der Waals surface area contributed by atoms with Gasteiger partial charge in [-0.2, -0.15) is 0 Å². The van der Waals surface area contributed by atoms with Gasteiger partial charge >= 0.3 is 0 Å². The molecule has 3 aromatic rings. The zero-order valence-corrected chi connectivity index (χ0v) is 16.1. The van der Waals surface area contributed by atoms with E-state index in [-0.39, 0.29) is 29.5 Å². The molecule has 152 valence electrons. The predicted molar refractivity (Wildman–Crippen MR) is 112 cm³/mol. The van der Waals surface area contributed by atoms with Crippen LogP contribution in [0.4, 0.5) is 17.1 Å². The number of aliphatic imine (C=N–C) groups is 1. The van der Waals surface area contributed by atoms with Gasteiger partial charge in [-0.05, 0) is 42.8 Å². The molecule has 0 aromatic heterocycles. The van der Waals surface area contributed by atoms with Gasteiger partial charge in [0.05, 0.1) is 23.3 Å². The minimum Gasteiger partial charge on any atom is -0.870 e. The van der Waals surface area contributed by atoms with Crippen LogP contribution in [0.25, 0.3) is 0 Å². The zero-order valence-electron chi connectivity index (χ0n) is 16.1. The van der Waals surface area contributed by atoms with Gasteiger partial charge < -0.3 is 15.2 Å². The normalized spacial score (nSPS) is 10.7. The lowest BCUT2D eigenvalue weighted by atomic mass is 10.1. The van der Waals surface area contributed by atoms with Gasteiger partial charge in [-0.1, -0.05) is 30.0 Å². The largest absolute Gasteiger partial charge is 0.870 e. The number of benzene rings is 3. The average molecular weight is 404 g/mol. The van der Waals surface area contributed by atoms with Gasteiger partial charge in [0, 0.05) is 23.5 Å². The summed E-state index contributed by atoms with van der Waals surface area (Å²) in [5.74, 6) is -0.852. The van der Waals surface area contributed by atoms with Crippen molar-refractivity contribution in [2.75, 3.05) is 11.9 Å². The van der Waals surface area contributed by atoms with Crippen molar-refractivity contribution in [2.45, 2.75) is 6.92 Å². The topological polar surface area (TPSA) is 117 Å². The van der Waals surface area contributed by atoms with Crippen LogP contribution in [0.1, 0.15) is 22.8 Å². The number of nitrogens with zero attached hydrogens (tertiary/aromatic N) is 2. The first kappa shape index (κ1) is 20.5. The molecule has 0 aliphatic carbocycles. The third kappa shape index (κ3) is 4.99. The molecular weight excluding hydrogens is 386 g/mol. The van der Waals surface area contributed by atoms with E-state index >= 15 is 0 Å². The Morgan fingerprint density at radius 3 is 2.60 bits per heavy atom. The number of carbonyl (C=O) groups excluding carboxylic acids is 1. The Labute approximate surface area is 172 Å². The maximum atomic E-state index is 12.4. The molecule has 0 atom stereocenters. The van der Waals surface area contributed by atoms with Crippen molar-refractivity contribution in [3.8, 4) is 11.5 Å². The summed E-state index contributed by atoms with van der Waals surface area (Å²) in [6.07, 6.45) is 1.25. The van der Waals surface area contributed by atoms with Gasteiger partial charge in [-0.25, -0.2) is 0 Å². The summed E-state index contributed by atoms with van der Waals surface area (Å²) in [7, 11) is 0. The number of nitro benzene ring substituents is 1. The summed E-state index contributed by atoms with van der Waals surface area (Å²) in [5, 5.41) is 26.3. The van der Waals surface area contributed by atoms with Crippen LogP contribution in [0.3, 0.4) is 0 Å². The maximum absolute atomic E-state index is 12.4. The van der Waals surface area contributed by atoms with Crippen LogP contribution in [0.15, 0.2) is 71.7 Å². The quantitative estimate of drug-likeness (QED) is 0.362. The van der Waals surface area contributed by atoms with E-state index in [1.165, 1.54) is 6.21 Å². The summed E-state index contributed by atoms with van der Waals surface area (Å²) in [4.78, 5) is 27.0. The van der Waals surface area contributed by atoms with E-state index in [0.717, 1.165) is 12.1 Å². The van der Waals surface area contributed by atoms with Crippen molar-refractivity contribution in [1.82, 2.24) is 0 Å². The highest BCUT2D eigenvalue weighted by atomic mass is 16.6. The van der Waals surface area contributed by atoms with Gasteiger partial charge in [-0.3, -0.25) is 19.9 Å². The molecule has 0 aliphatic heterocycles. The van der Waals surface area contributed by atoms with Crippen molar-refractivity contribution in [3.63, 3.8) is 0 Å². The lowest BCUT2D eigenvalue weighted by molar-refractivity contribution is -0.385. The molecule has 3 aromatic carbocycles. The Bertz CT molecular complexity index is 1100. The third-order valence-corrected chi connectivity index (χ3v) is 4.07. The standard InChI is InChI=1S/C22H19N3O5/c1-2-30-20-13-19(25(28)29)11-16(21(20)26)14-23-17-9-6-10-18(12-17)24-22(27)15-7-4-3-5-8-15/h3-14,26H,2H2,1H3,(H,24,27)/p-1. The lowest BCUT2D eigenvalue weighted by Crippen LogP contribution is -2.11. The molecule has 8 nitrogen and oxygen atoms in total. The van der Waals surface area contributed by atoms with Crippen LogP contribution < -0.4 is 15.2 Å². The fourth-order valence-corrected chi connectivity index (χ4v) is 2.67. The second kappa shape index (κ2) is 9.33. The van der Waals surface area contributed by atoms with Crippen LogP contribution in [-0.4, -0.2) is 23.7 Å². The predicted octanol–water partition coefficient (Wildman–Crippen LogP) is 4.07. The first-order valence-corrected chi connectivity index (χ1v) is 9.10. The van der Waals surface area contributed by atoms with E-state index in [1.54, 1.807) is 55.5 Å². The van der Waals surface area contributed by atoms with E-state index in [9.17, 15) is 20.0 Å². The Morgan fingerprint density at radius 2 is 1.90 bits per heavy atom. The molecule has 0 heterocycles. The van der Waals surface area contributed by atoms with E-state index in [4.69, 9.17) is 4.74 Å². The molecule has 8 heteroatoms. The fourth-order valence-electron chi connectivity index (χ4n) is 2.67. The van der Waals surface area contributed by atoms with Crippen LogP contribution in [0.5, 0.6) is 11.5 Å². The molecule has 1 N–H and O–H groups in total. The summed E-state index contributed by atoms with van der Waals surface area (Å²) >= 11 is 0. The smallest absolute Gasteiger partial charge is 0.273 e. The van der Waals surface area contributed by atoms with Crippen molar-refractivity contribution >= 4 is 29.2 Å². The monoisotopic (exact) mass is 404 g/mol. The van der Waals surface area contributed by atoms with E-state index < -0.39 is 10.7 Å². The molecule has 0 saturated carbocycles. The van der Waals surface area contributed by atoms with Crippen molar-refractivity contribution in [3.05, 3.63) is 88.0 Å². The van der Waals surface area contributed by atoms with Gasteiger partial charge in [-0.15, -0.1) is 0 Å². The Balaban J connectivity index is 1.84. The molecule has 3 rings (SSSR count). The SMILES string of the molecule is CCOc1cc([N+](=O)[O-])cc(C=Nc2cccc(NC(=O)c3ccccc3)c2)c1[O-]. The molecule has 30 heavy (non-hydrogen) atoms. The zero-order chi connectivity index (χ0) is 21.5. The van der Waals surface area contributed by atoms with Crippen LogP contribution in [0, 0.1) is 10.1 Å². The van der Waals surface area contributed by atoms with Crippen LogP contribution >= 0.6 is 0 Å². The number of non-ortho nitro benzene ring substituents is 1. The van der Waals surface area contributed by atoms with Crippen molar-refractivity contribution < 1.29 is 19.6 Å². The number of amides is 1. The summed E-state index contributed by atoms with van der Waals surface area (Å²) in [6, 6.07) is 17.7. The second-order valence-electron chi connectivity index (χ2n) is 6.18. The number of nitro groups is 1. The Morgan fingerprint density at radius 1 is 1.13 bits per heavy atom. The Hall–Kier alpha value is -4.20. The molecule has 0 radical (unpaired) electrons. The second-order valence-corrected chi connectivity index (χ2v) is 6.18. The fraction of sp³-hybridized carbons (Fsp3) is 0.0909. The highest BCUT2D eigenvalue weighted by molar-refractivity contribution is 6.04. The molecule has 1 amide bonds. The minimum absolute atomic E-state index is 0.0337. The summed E-state index contributed by atoms with van der Waals surface area (Å²) in [5.41, 5.74) is 1.27. The molecule has 0 bridgehead atoms. The van der Waals surface area contributed by atoms with Crippen LogP contribution in [0.2, 0.25) is 0 Å². The molecular formula is C22H18N3O5-. The van der Waals surface area contributed by atoms with E-state index in [0.29, 0.717) is 16.9 Å². The molecule has 0 spiro atoms. The number of anilines is 1. The lowest BCUT2D eigenvalue weighted by Gasteiger charge is -2.16. The van der Waals surface area contributed by atoms with E-state index in [1.807, 2.05) is 6.07 Å². The van der Waals surface area contributed by atoms with E-state index in [2.05, 4.69) is 10.3 Å². The number of hydrogen-bond acceptors (Lipinski definition) is 6. The van der Waals surface area contributed by atoms with Gasteiger partial charge in [0.2, 0.25) is 0 Å². The van der Waals surface area contributed by atoms with Crippen molar-refractivity contribution in [2.24, 2.45) is 4.99 Å². The first-order valence-electron chi connectivity index (χ1n) is 9.10. The Kier molecular flexibility index (Phi) is 6.39. The molecule has 0 unspecified atom stereocenters. The minimum atomic E-state index is -0.598. The molecule has 0 fully saturated rings. The highest BCUT2D eigenvalue weighted by Gasteiger charge is 2.12. The third-order valence-electron chi connectivity index (χ3n) is 4.07. The summed E-state index contributed by atoms with van der Waals surface area (Å²) in [6.45, 7) is 1.89. The molecule has 0 aliphatic rings. The van der Waals surface area contributed by atoms with Crippen molar-refractivity contribution in [1.29, 1.82) is 0 Å². The average Bonchev–Trinajstić information content (AvgIpc) is 2.75. The number of hydrogen-bond donors (Lipinski definition) is 1. The van der Waals surface area contributed by atoms with Gasteiger partial charge in [0.25, 0.3) is 11.6 Å². The number of ether oxygens (including phenoxy) is 1. The first-order chi connectivity index (χ1) is 14.5. The van der Waals surface area contributed by atoms with Gasteiger partial charge in [0.15, 0.2) is 0 Å².